The third kappa shape index (κ3) is 3.37. The molecule has 1 aromatic carbocycles. The van der Waals surface area contributed by atoms with E-state index in [4.69, 9.17) is 0 Å². The van der Waals surface area contributed by atoms with Gasteiger partial charge in [0.2, 0.25) is 5.13 Å². The second-order valence-electron chi connectivity index (χ2n) is 5.51. The van der Waals surface area contributed by atoms with Crippen molar-refractivity contribution in [1.82, 2.24) is 9.36 Å². The zero-order valence-electron chi connectivity index (χ0n) is 11.9. The molecule has 1 aliphatic rings. The highest BCUT2D eigenvalue weighted by atomic mass is 32.1. The maximum atomic E-state index is 13.2. The first-order chi connectivity index (χ1) is 10.1. The summed E-state index contributed by atoms with van der Waals surface area (Å²) in [5.74, 6) is -0.200. The van der Waals surface area contributed by atoms with Gasteiger partial charge in [-0.15, -0.1) is 0 Å². The Balaban J connectivity index is 1.57. The Kier molecular flexibility index (Phi) is 4.14. The Morgan fingerprint density at radius 2 is 2.00 bits per heavy atom. The van der Waals surface area contributed by atoms with Crippen LogP contribution in [0, 0.1) is 24.5 Å². The van der Waals surface area contributed by atoms with E-state index < -0.39 is 11.6 Å². The second kappa shape index (κ2) is 6.05. The fraction of sp³-hybridized carbons (Fsp3) is 0.467. The van der Waals surface area contributed by atoms with Gasteiger partial charge >= 0.3 is 0 Å². The van der Waals surface area contributed by atoms with Crippen molar-refractivity contribution in [3.05, 3.63) is 41.2 Å². The normalized spacial score (nSPS) is 16.4. The van der Waals surface area contributed by atoms with Crippen molar-refractivity contribution in [3.63, 3.8) is 0 Å². The fourth-order valence-electron chi connectivity index (χ4n) is 2.74. The predicted octanol–water partition coefficient (Wildman–Crippen LogP) is 3.58. The lowest BCUT2D eigenvalue weighted by Crippen LogP contribution is -2.34. The van der Waals surface area contributed by atoms with Crippen LogP contribution >= 0.6 is 11.5 Å². The predicted molar refractivity (Wildman–Crippen MR) is 79.6 cm³/mol. The first-order valence-electron chi connectivity index (χ1n) is 7.11. The van der Waals surface area contributed by atoms with E-state index in [0.717, 1.165) is 48.9 Å². The Morgan fingerprint density at radius 1 is 1.24 bits per heavy atom. The van der Waals surface area contributed by atoms with E-state index in [-0.39, 0.29) is 0 Å². The van der Waals surface area contributed by atoms with Gasteiger partial charge in [-0.3, -0.25) is 0 Å². The molecule has 0 spiro atoms. The van der Waals surface area contributed by atoms with Crippen LogP contribution in [-0.2, 0) is 6.42 Å². The van der Waals surface area contributed by atoms with Gasteiger partial charge in [-0.2, -0.15) is 4.37 Å². The fourth-order valence-corrected chi connectivity index (χ4v) is 3.47. The number of halogens is 2. The quantitative estimate of drug-likeness (QED) is 0.868. The van der Waals surface area contributed by atoms with E-state index in [1.54, 1.807) is 6.07 Å². The molecule has 2 heterocycles. The molecular weight excluding hydrogens is 292 g/mol. The van der Waals surface area contributed by atoms with E-state index in [0.29, 0.717) is 5.92 Å². The minimum absolute atomic E-state index is 0.514. The summed E-state index contributed by atoms with van der Waals surface area (Å²) >= 11 is 1.44. The minimum atomic E-state index is -0.778. The molecule has 0 aliphatic carbocycles. The van der Waals surface area contributed by atoms with Crippen LogP contribution in [0.25, 0.3) is 0 Å². The first-order valence-corrected chi connectivity index (χ1v) is 7.88. The van der Waals surface area contributed by atoms with Crippen LogP contribution in [0.15, 0.2) is 18.2 Å². The zero-order chi connectivity index (χ0) is 14.8. The topological polar surface area (TPSA) is 29.0 Å². The number of nitrogens with zero attached hydrogens (tertiary/aromatic N) is 3. The van der Waals surface area contributed by atoms with Crippen molar-refractivity contribution in [3.8, 4) is 0 Å². The molecule has 0 unspecified atom stereocenters. The van der Waals surface area contributed by atoms with E-state index in [1.165, 1.54) is 23.7 Å². The average molecular weight is 309 g/mol. The maximum Gasteiger partial charge on any atom is 0.205 e. The van der Waals surface area contributed by atoms with Crippen molar-refractivity contribution in [2.24, 2.45) is 5.92 Å². The van der Waals surface area contributed by atoms with Crippen molar-refractivity contribution < 1.29 is 8.78 Å². The molecule has 1 aromatic heterocycles. The van der Waals surface area contributed by atoms with Crippen molar-refractivity contribution >= 4 is 16.7 Å². The lowest BCUT2D eigenvalue weighted by molar-refractivity contribution is 0.402. The van der Waals surface area contributed by atoms with Crippen LogP contribution in [0.2, 0.25) is 0 Å². The zero-order valence-corrected chi connectivity index (χ0v) is 12.7. The molecule has 3 rings (SSSR count). The highest BCUT2D eigenvalue weighted by Gasteiger charge is 2.22. The van der Waals surface area contributed by atoms with E-state index in [2.05, 4.69) is 14.3 Å². The number of hydrogen-bond acceptors (Lipinski definition) is 4. The monoisotopic (exact) mass is 309 g/mol. The molecule has 112 valence electrons. The Morgan fingerprint density at radius 3 is 2.62 bits per heavy atom. The highest BCUT2D eigenvalue weighted by molar-refractivity contribution is 7.09. The third-order valence-electron chi connectivity index (χ3n) is 3.91. The number of aryl methyl sites for hydroxylation is 1. The van der Waals surface area contributed by atoms with E-state index >= 15 is 0 Å². The molecule has 0 amide bonds. The smallest absolute Gasteiger partial charge is 0.205 e. The van der Waals surface area contributed by atoms with Crippen LogP contribution in [0.5, 0.6) is 0 Å². The highest BCUT2D eigenvalue weighted by Crippen LogP contribution is 2.27. The Labute approximate surface area is 126 Å². The first kappa shape index (κ1) is 14.4. The number of piperidine rings is 1. The van der Waals surface area contributed by atoms with Gasteiger partial charge in [-0.05, 0) is 49.8 Å². The average Bonchev–Trinajstić information content (AvgIpc) is 2.90. The number of hydrogen-bond donors (Lipinski definition) is 0. The molecule has 2 aromatic rings. The van der Waals surface area contributed by atoms with Gasteiger partial charge in [0, 0.05) is 24.6 Å². The molecule has 0 N–H and O–H groups in total. The summed E-state index contributed by atoms with van der Waals surface area (Å²) in [5, 5.41) is 0.985. The summed E-state index contributed by atoms with van der Waals surface area (Å²) in [7, 11) is 0. The van der Waals surface area contributed by atoms with Gasteiger partial charge in [0.05, 0.1) is 0 Å². The summed E-state index contributed by atoms with van der Waals surface area (Å²) in [6.07, 6.45) is 2.88. The number of aromatic nitrogens is 2. The number of benzene rings is 1. The summed E-state index contributed by atoms with van der Waals surface area (Å²) in [4.78, 5) is 6.66. The van der Waals surface area contributed by atoms with Crippen molar-refractivity contribution in [2.75, 3.05) is 18.0 Å². The van der Waals surface area contributed by atoms with E-state index in [1.807, 2.05) is 6.92 Å². The van der Waals surface area contributed by atoms with Gasteiger partial charge in [0.1, 0.15) is 5.82 Å². The Bertz CT molecular complexity index is 621. The van der Waals surface area contributed by atoms with Gasteiger partial charge in [-0.25, -0.2) is 13.8 Å². The molecule has 0 atom stereocenters. The summed E-state index contributed by atoms with van der Waals surface area (Å²) in [6, 6.07) is 4.21. The molecule has 0 saturated carbocycles. The third-order valence-corrected chi connectivity index (χ3v) is 4.78. The molecule has 0 bridgehead atoms. The number of rotatable bonds is 3. The molecule has 3 nitrogen and oxygen atoms in total. The van der Waals surface area contributed by atoms with Crippen LogP contribution < -0.4 is 4.90 Å². The van der Waals surface area contributed by atoms with Gasteiger partial charge < -0.3 is 4.90 Å². The van der Waals surface area contributed by atoms with Crippen LogP contribution in [-0.4, -0.2) is 22.4 Å². The molecular formula is C15H17F2N3S. The van der Waals surface area contributed by atoms with Crippen LogP contribution in [0.1, 0.15) is 24.2 Å². The summed E-state index contributed by atoms with van der Waals surface area (Å²) in [6.45, 7) is 3.79. The lowest BCUT2D eigenvalue weighted by Gasteiger charge is -2.31. The number of anilines is 1. The molecule has 21 heavy (non-hydrogen) atoms. The van der Waals surface area contributed by atoms with Gasteiger partial charge in [0.25, 0.3) is 0 Å². The largest absolute Gasteiger partial charge is 0.347 e. The molecule has 1 aliphatic heterocycles. The van der Waals surface area contributed by atoms with Crippen LogP contribution in [0.4, 0.5) is 13.9 Å². The molecule has 6 heteroatoms. The summed E-state index contributed by atoms with van der Waals surface area (Å²) in [5.41, 5.74) is 0.874. The maximum absolute atomic E-state index is 13.2. The standard InChI is InChI=1S/C15H17F2N3S/c1-10-18-15(21-19-10)20-6-4-11(5-7-20)8-12-2-3-13(16)14(17)9-12/h2-3,9,11H,4-8H2,1H3. The second-order valence-corrected chi connectivity index (χ2v) is 6.24. The SMILES string of the molecule is Cc1nsc(N2CCC(Cc3ccc(F)c(F)c3)CC2)n1. The minimum Gasteiger partial charge on any atom is -0.347 e. The molecule has 0 radical (unpaired) electrons. The van der Waals surface area contributed by atoms with Crippen LogP contribution in [0.3, 0.4) is 0 Å². The lowest BCUT2D eigenvalue weighted by atomic mass is 9.90. The van der Waals surface area contributed by atoms with Crippen molar-refractivity contribution in [1.29, 1.82) is 0 Å². The van der Waals surface area contributed by atoms with Gasteiger partial charge in [-0.1, -0.05) is 6.07 Å². The van der Waals surface area contributed by atoms with E-state index in [9.17, 15) is 8.78 Å². The van der Waals surface area contributed by atoms with Gasteiger partial charge in [0.15, 0.2) is 11.6 Å². The van der Waals surface area contributed by atoms with Crippen molar-refractivity contribution in [2.45, 2.75) is 26.2 Å². The molecule has 1 fully saturated rings. The molecule has 1 saturated heterocycles. The summed E-state index contributed by atoms with van der Waals surface area (Å²) < 4.78 is 30.4. The Hall–Kier alpha value is -1.56.